The summed E-state index contributed by atoms with van der Waals surface area (Å²) in [6.07, 6.45) is 1.26. The average Bonchev–Trinajstić information content (AvgIpc) is 2.49. The summed E-state index contributed by atoms with van der Waals surface area (Å²) in [4.78, 5) is 28.3. The number of pyridine rings is 1. The topological polar surface area (TPSA) is 77.5 Å². The lowest BCUT2D eigenvalue weighted by molar-refractivity contribution is 0.0488. The molecule has 0 saturated carbocycles. The van der Waals surface area contributed by atoms with Crippen molar-refractivity contribution >= 4 is 20.2 Å². The highest BCUT2D eigenvalue weighted by atomic mass is 28.4. The molecule has 0 spiro atoms. The Morgan fingerprint density at radius 2 is 1.79 bits per heavy atom. The molecule has 6 nitrogen and oxygen atoms in total. The Kier molecular flexibility index (Phi) is 7.90. The number of Topliss-reactive ketones (excluding diaryl/α,β-unsaturated/α-hetero) is 1. The number of amides is 1. The Balaban J connectivity index is 2.91. The second-order valence-electron chi connectivity index (χ2n) is 9.40. The quantitative estimate of drug-likeness (QED) is 0.518. The zero-order chi connectivity index (χ0) is 21.8. The van der Waals surface area contributed by atoms with Crippen LogP contribution in [0.3, 0.4) is 0 Å². The van der Waals surface area contributed by atoms with Gasteiger partial charge in [-0.05, 0) is 45.0 Å². The standard InChI is InChI=1S/C20H33FN2O4Si/c1-19(2,3)26-18(25)23-13-16(27-28(7,8)20(4,5)6)10-17(24)14-9-15(21)12-22-11-14/h9,11-12,16H,10,13H2,1-8H3,(H,23,25)/t16-/m1/s1. The molecule has 0 aromatic carbocycles. The molecular weight excluding hydrogens is 379 g/mol. The number of rotatable bonds is 7. The molecule has 0 aliphatic rings. The van der Waals surface area contributed by atoms with Crippen LogP contribution in [0.5, 0.6) is 0 Å². The van der Waals surface area contributed by atoms with Crippen molar-refractivity contribution in [2.24, 2.45) is 0 Å². The van der Waals surface area contributed by atoms with Crippen LogP contribution in [0.2, 0.25) is 18.1 Å². The highest BCUT2D eigenvalue weighted by Crippen LogP contribution is 2.37. The van der Waals surface area contributed by atoms with Gasteiger partial charge < -0.3 is 14.5 Å². The molecule has 1 rings (SSSR count). The fourth-order valence-electron chi connectivity index (χ4n) is 2.15. The number of carbonyl (C=O) groups is 2. The molecule has 8 heteroatoms. The number of aromatic nitrogens is 1. The van der Waals surface area contributed by atoms with Crippen LogP contribution in [0.25, 0.3) is 0 Å². The van der Waals surface area contributed by atoms with Crippen LogP contribution in [0, 0.1) is 5.82 Å². The summed E-state index contributed by atoms with van der Waals surface area (Å²) in [7, 11) is -2.20. The van der Waals surface area contributed by atoms with Crippen molar-refractivity contribution in [2.75, 3.05) is 6.54 Å². The van der Waals surface area contributed by atoms with Crippen LogP contribution < -0.4 is 5.32 Å². The maximum Gasteiger partial charge on any atom is 0.407 e. The molecule has 0 radical (unpaired) electrons. The average molecular weight is 413 g/mol. The number of ether oxygens (including phenoxy) is 1. The summed E-state index contributed by atoms with van der Waals surface area (Å²) >= 11 is 0. The summed E-state index contributed by atoms with van der Waals surface area (Å²) in [5.41, 5.74) is -0.441. The molecular formula is C20H33FN2O4Si. The fourth-order valence-corrected chi connectivity index (χ4v) is 3.50. The van der Waals surface area contributed by atoms with Crippen molar-refractivity contribution < 1.29 is 23.1 Å². The Morgan fingerprint density at radius 1 is 1.18 bits per heavy atom. The van der Waals surface area contributed by atoms with E-state index >= 15 is 0 Å². The van der Waals surface area contributed by atoms with Crippen molar-refractivity contribution in [3.8, 4) is 0 Å². The molecule has 1 aromatic heterocycles. The lowest BCUT2D eigenvalue weighted by atomic mass is 10.1. The monoisotopic (exact) mass is 412 g/mol. The number of nitrogens with zero attached hydrogens (tertiary/aromatic N) is 1. The molecule has 0 bridgehead atoms. The van der Waals surface area contributed by atoms with Gasteiger partial charge in [0, 0.05) is 24.7 Å². The van der Waals surface area contributed by atoms with Crippen LogP contribution >= 0.6 is 0 Å². The first kappa shape index (κ1) is 24.2. The van der Waals surface area contributed by atoms with E-state index in [9.17, 15) is 14.0 Å². The predicted octanol–water partition coefficient (Wildman–Crippen LogP) is 4.71. The van der Waals surface area contributed by atoms with E-state index in [2.05, 4.69) is 44.2 Å². The summed E-state index contributed by atoms with van der Waals surface area (Å²) in [5, 5.41) is 2.61. The van der Waals surface area contributed by atoms with Gasteiger partial charge >= 0.3 is 6.09 Å². The van der Waals surface area contributed by atoms with Gasteiger partial charge in [0.1, 0.15) is 11.4 Å². The first-order valence-electron chi connectivity index (χ1n) is 9.39. The van der Waals surface area contributed by atoms with Crippen LogP contribution in [0.15, 0.2) is 18.5 Å². The van der Waals surface area contributed by atoms with E-state index < -0.39 is 31.9 Å². The molecule has 1 atom stereocenters. The number of carbonyl (C=O) groups excluding carboxylic acids is 2. The molecule has 1 heterocycles. The minimum absolute atomic E-state index is 0.00738. The molecule has 0 aliphatic carbocycles. The summed E-state index contributed by atoms with van der Waals surface area (Å²) in [6.45, 7) is 15.9. The van der Waals surface area contributed by atoms with Gasteiger partial charge in [0.2, 0.25) is 0 Å². The highest BCUT2D eigenvalue weighted by Gasteiger charge is 2.39. The Bertz CT molecular complexity index is 696. The molecule has 0 aliphatic heterocycles. The Hall–Kier alpha value is -1.80. The van der Waals surface area contributed by atoms with Gasteiger partial charge in [0.05, 0.1) is 12.3 Å². The highest BCUT2D eigenvalue weighted by molar-refractivity contribution is 6.74. The molecule has 158 valence electrons. The van der Waals surface area contributed by atoms with E-state index in [4.69, 9.17) is 9.16 Å². The third-order valence-corrected chi connectivity index (χ3v) is 9.12. The zero-order valence-corrected chi connectivity index (χ0v) is 19.2. The maximum absolute atomic E-state index is 13.4. The molecule has 1 N–H and O–H groups in total. The van der Waals surface area contributed by atoms with Gasteiger partial charge in [-0.15, -0.1) is 0 Å². The van der Waals surface area contributed by atoms with Crippen molar-refractivity contribution in [3.05, 3.63) is 29.8 Å². The van der Waals surface area contributed by atoms with Crippen LogP contribution in [0.1, 0.15) is 58.3 Å². The smallest absolute Gasteiger partial charge is 0.407 e. The molecule has 28 heavy (non-hydrogen) atoms. The summed E-state index contributed by atoms with van der Waals surface area (Å²) in [5.74, 6) is -0.860. The largest absolute Gasteiger partial charge is 0.444 e. The fraction of sp³-hybridized carbons (Fsp3) is 0.650. The second kappa shape index (κ2) is 9.13. The third kappa shape index (κ3) is 8.06. The van der Waals surface area contributed by atoms with Crippen molar-refractivity contribution in [1.82, 2.24) is 10.3 Å². The van der Waals surface area contributed by atoms with E-state index in [1.165, 1.54) is 6.20 Å². The SMILES string of the molecule is CC(C)(C)OC(=O)NC[C@@H](CC(=O)c1cncc(F)c1)O[Si](C)(C)C(C)(C)C. The molecule has 0 saturated heterocycles. The normalized spacial score (nSPS) is 13.8. The first-order chi connectivity index (χ1) is 12.6. The number of ketones is 1. The van der Waals surface area contributed by atoms with Gasteiger partial charge in [-0.3, -0.25) is 9.78 Å². The second-order valence-corrected chi connectivity index (χ2v) is 14.2. The van der Waals surface area contributed by atoms with E-state index in [0.29, 0.717) is 0 Å². The van der Waals surface area contributed by atoms with Crippen LogP contribution in [0.4, 0.5) is 9.18 Å². The summed E-state index contributed by atoms with van der Waals surface area (Å²) < 4.78 is 25.0. The Morgan fingerprint density at radius 3 is 2.29 bits per heavy atom. The number of nitrogens with one attached hydrogen (secondary N) is 1. The van der Waals surface area contributed by atoms with Crippen molar-refractivity contribution in [3.63, 3.8) is 0 Å². The summed E-state index contributed by atoms with van der Waals surface area (Å²) in [6, 6.07) is 1.15. The number of halogens is 1. The number of hydrogen-bond acceptors (Lipinski definition) is 5. The first-order valence-corrected chi connectivity index (χ1v) is 12.3. The van der Waals surface area contributed by atoms with Gasteiger partial charge in [0.25, 0.3) is 0 Å². The van der Waals surface area contributed by atoms with Crippen molar-refractivity contribution in [1.29, 1.82) is 0 Å². The van der Waals surface area contributed by atoms with Gasteiger partial charge in [-0.1, -0.05) is 20.8 Å². The van der Waals surface area contributed by atoms with E-state index in [-0.39, 0.29) is 29.4 Å². The van der Waals surface area contributed by atoms with Crippen LogP contribution in [-0.4, -0.2) is 43.4 Å². The van der Waals surface area contributed by atoms with Crippen LogP contribution in [-0.2, 0) is 9.16 Å². The zero-order valence-electron chi connectivity index (χ0n) is 18.2. The van der Waals surface area contributed by atoms with Crippen molar-refractivity contribution in [2.45, 2.75) is 77.8 Å². The number of hydrogen-bond donors (Lipinski definition) is 1. The molecule has 1 aromatic rings. The maximum atomic E-state index is 13.4. The van der Waals surface area contributed by atoms with E-state index in [1.54, 1.807) is 20.8 Å². The van der Waals surface area contributed by atoms with Gasteiger partial charge in [-0.25, -0.2) is 9.18 Å². The third-order valence-electron chi connectivity index (χ3n) is 4.58. The Labute approximate surface area is 168 Å². The van der Waals surface area contributed by atoms with E-state index in [0.717, 1.165) is 12.3 Å². The van der Waals surface area contributed by atoms with Gasteiger partial charge in [-0.2, -0.15) is 0 Å². The van der Waals surface area contributed by atoms with E-state index in [1.807, 2.05) is 0 Å². The lowest BCUT2D eigenvalue weighted by Crippen LogP contribution is -2.48. The minimum Gasteiger partial charge on any atom is -0.444 e. The van der Waals surface area contributed by atoms with Gasteiger partial charge in [0.15, 0.2) is 14.1 Å². The molecule has 1 amide bonds. The predicted molar refractivity (Wildman–Crippen MR) is 109 cm³/mol. The lowest BCUT2D eigenvalue weighted by Gasteiger charge is -2.39. The minimum atomic E-state index is -2.20. The number of alkyl carbamates (subject to hydrolysis) is 1. The molecule has 0 fully saturated rings. The molecule has 0 unspecified atom stereocenters.